The van der Waals surface area contributed by atoms with E-state index < -0.39 is 0 Å². The number of aromatic nitrogens is 2. The summed E-state index contributed by atoms with van der Waals surface area (Å²) in [4.78, 5) is 4.66. The first kappa shape index (κ1) is 13.1. The van der Waals surface area contributed by atoms with E-state index in [2.05, 4.69) is 22.4 Å². The predicted octanol–water partition coefficient (Wildman–Crippen LogP) is 2.91. The Morgan fingerprint density at radius 3 is 3.00 bits per heavy atom. The van der Waals surface area contributed by atoms with Crippen LogP contribution in [0.3, 0.4) is 0 Å². The topological polar surface area (TPSA) is 51.0 Å². The highest BCUT2D eigenvalue weighted by Crippen LogP contribution is 2.36. The number of rotatable bonds is 4. The Morgan fingerprint density at radius 2 is 2.21 bits per heavy atom. The first-order valence-corrected chi connectivity index (χ1v) is 7.88. The fourth-order valence-corrected chi connectivity index (χ4v) is 3.55. The summed E-state index contributed by atoms with van der Waals surface area (Å²) in [6.07, 6.45) is 8.66. The Kier molecular flexibility index (Phi) is 4.16. The Balaban J connectivity index is 1.60. The summed E-state index contributed by atoms with van der Waals surface area (Å²) in [6, 6.07) is 0. The molecular weight excluding hydrogens is 238 g/mol. The summed E-state index contributed by atoms with van der Waals surface area (Å²) in [5.41, 5.74) is 0. The summed E-state index contributed by atoms with van der Waals surface area (Å²) in [6.45, 7) is 4.52. The van der Waals surface area contributed by atoms with Crippen LogP contribution >= 0.6 is 0 Å². The third-order valence-corrected chi connectivity index (χ3v) is 4.83. The third kappa shape index (κ3) is 3.16. The van der Waals surface area contributed by atoms with Crippen molar-refractivity contribution in [3.8, 4) is 0 Å². The van der Waals surface area contributed by atoms with Gasteiger partial charge in [0.05, 0.1) is 0 Å². The van der Waals surface area contributed by atoms with Crippen molar-refractivity contribution in [1.82, 2.24) is 15.5 Å². The van der Waals surface area contributed by atoms with Crippen molar-refractivity contribution >= 4 is 0 Å². The van der Waals surface area contributed by atoms with Gasteiger partial charge >= 0.3 is 0 Å². The molecule has 2 fully saturated rings. The van der Waals surface area contributed by atoms with Crippen LogP contribution in [0, 0.1) is 11.8 Å². The fraction of sp³-hybridized carbons (Fsp3) is 0.867. The molecule has 0 radical (unpaired) electrons. The summed E-state index contributed by atoms with van der Waals surface area (Å²) in [7, 11) is 0. The Labute approximate surface area is 115 Å². The molecule has 3 rings (SSSR count). The molecule has 0 aromatic carbocycles. The minimum atomic E-state index is 0.540. The van der Waals surface area contributed by atoms with Crippen molar-refractivity contribution in [2.75, 3.05) is 13.1 Å². The van der Waals surface area contributed by atoms with E-state index >= 15 is 0 Å². The molecule has 1 aliphatic heterocycles. The summed E-state index contributed by atoms with van der Waals surface area (Å²) in [5.74, 6) is 3.90. The lowest BCUT2D eigenvalue weighted by molar-refractivity contribution is 0.297. The first-order valence-electron chi connectivity index (χ1n) is 7.88. The molecule has 2 aliphatic rings. The molecule has 4 nitrogen and oxygen atoms in total. The lowest BCUT2D eigenvalue weighted by Crippen LogP contribution is -2.15. The average Bonchev–Trinajstić information content (AvgIpc) is 3.11. The lowest BCUT2D eigenvalue weighted by Gasteiger charge is -2.26. The van der Waals surface area contributed by atoms with Crippen LogP contribution < -0.4 is 5.32 Å². The standard InChI is InChI=1S/C15H25N3O/c1-2-11-4-3-5-13(8-11)15-17-14(19-18-15)9-12-6-7-16-10-12/h11-13,16H,2-10H2,1H3. The highest BCUT2D eigenvalue weighted by molar-refractivity contribution is 4.99. The summed E-state index contributed by atoms with van der Waals surface area (Å²) >= 11 is 0. The van der Waals surface area contributed by atoms with Gasteiger partial charge in [0.1, 0.15) is 0 Å². The first-order chi connectivity index (χ1) is 9.35. The van der Waals surface area contributed by atoms with E-state index in [1.54, 1.807) is 0 Å². The minimum Gasteiger partial charge on any atom is -0.339 e. The maximum absolute atomic E-state index is 5.46. The fourth-order valence-electron chi connectivity index (χ4n) is 3.55. The molecule has 1 aliphatic carbocycles. The molecule has 1 aromatic rings. The lowest BCUT2D eigenvalue weighted by atomic mass is 9.80. The van der Waals surface area contributed by atoms with Gasteiger partial charge in [-0.15, -0.1) is 0 Å². The van der Waals surface area contributed by atoms with E-state index in [0.29, 0.717) is 11.8 Å². The highest BCUT2D eigenvalue weighted by Gasteiger charge is 2.26. The molecule has 106 valence electrons. The quantitative estimate of drug-likeness (QED) is 0.907. The van der Waals surface area contributed by atoms with Crippen LogP contribution in [-0.2, 0) is 6.42 Å². The Morgan fingerprint density at radius 1 is 1.26 bits per heavy atom. The number of nitrogens with zero attached hydrogens (tertiary/aromatic N) is 2. The van der Waals surface area contributed by atoms with Crippen molar-refractivity contribution in [3.63, 3.8) is 0 Å². The number of hydrogen-bond acceptors (Lipinski definition) is 4. The normalized spacial score (nSPS) is 31.7. The molecule has 1 aromatic heterocycles. The smallest absolute Gasteiger partial charge is 0.226 e. The molecule has 4 heteroatoms. The summed E-state index contributed by atoms with van der Waals surface area (Å²) < 4.78 is 5.46. The van der Waals surface area contributed by atoms with Crippen LogP contribution in [0.5, 0.6) is 0 Å². The van der Waals surface area contributed by atoms with E-state index in [4.69, 9.17) is 4.52 Å². The van der Waals surface area contributed by atoms with Crippen molar-refractivity contribution in [2.24, 2.45) is 11.8 Å². The Hall–Kier alpha value is -0.900. The summed E-state index contributed by atoms with van der Waals surface area (Å²) in [5, 5.41) is 7.63. The predicted molar refractivity (Wildman–Crippen MR) is 74.0 cm³/mol. The van der Waals surface area contributed by atoms with E-state index in [1.165, 1.54) is 38.5 Å². The molecule has 1 N–H and O–H groups in total. The Bertz CT molecular complexity index is 398. The van der Waals surface area contributed by atoms with Crippen molar-refractivity contribution in [1.29, 1.82) is 0 Å². The molecule has 3 atom stereocenters. The maximum Gasteiger partial charge on any atom is 0.226 e. The van der Waals surface area contributed by atoms with Gasteiger partial charge in [-0.3, -0.25) is 0 Å². The average molecular weight is 263 g/mol. The van der Waals surface area contributed by atoms with Crippen molar-refractivity contribution in [2.45, 2.75) is 57.8 Å². The van der Waals surface area contributed by atoms with Crippen molar-refractivity contribution < 1.29 is 4.52 Å². The number of hydrogen-bond donors (Lipinski definition) is 1. The molecule has 19 heavy (non-hydrogen) atoms. The van der Waals surface area contributed by atoms with Gasteiger partial charge in [-0.25, -0.2) is 0 Å². The molecule has 3 unspecified atom stereocenters. The van der Waals surface area contributed by atoms with Gasteiger partial charge in [-0.05, 0) is 44.2 Å². The van der Waals surface area contributed by atoms with Gasteiger partial charge in [0.25, 0.3) is 0 Å². The molecule has 0 spiro atoms. The van der Waals surface area contributed by atoms with Gasteiger partial charge < -0.3 is 9.84 Å². The highest BCUT2D eigenvalue weighted by atomic mass is 16.5. The third-order valence-electron chi connectivity index (χ3n) is 4.83. The zero-order valence-corrected chi connectivity index (χ0v) is 11.9. The second-order valence-electron chi connectivity index (χ2n) is 6.25. The monoisotopic (exact) mass is 263 g/mol. The van der Waals surface area contributed by atoms with Crippen LogP contribution in [0.1, 0.15) is 63.1 Å². The minimum absolute atomic E-state index is 0.540. The molecule has 2 heterocycles. The van der Waals surface area contributed by atoms with Crippen LogP contribution in [0.15, 0.2) is 4.52 Å². The second kappa shape index (κ2) is 6.04. The maximum atomic E-state index is 5.46. The molecular formula is C15H25N3O. The second-order valence-corrected chi connectivity index (χ2v) is 6.25. The van der Waals surface area contributed by atoms with Gasteiger partial charge in [0, 0.05) is 12.3 Å². The van der Waals surface area contributed by atoms with Crippen LogP contribution in [0.4, 0.5) is 0 Å². The van der Waals surface area contributed by atoms with E-state index in [0.717, 1.165) is 37.1 Å². The van der Waals surface area contributed by atoms with Crippen molar-refractivity contribution in [3.05, 3.63) is 11.7 Å². The molecule has 0 bridgehead atoms. The van der Waals surface area contributed by atoms with E-state index in [-0.39, 0.29) is 0 Å². The zero-order valence-electron chi connectivity index (χ0n) is 11.9. The van der Waals surface area contributed by atoms with Gasteiger partial charge in [-0.2, -0.15) is 4.98 Å². The zero-order chi connectivity index (χ0) is 13.1. The van der Waals surface area contributed by atoms with Gasteiger partial charge in [-0.1, -0.05) is 31.3 Å². The molecule has 0 amide bonds. The molecule has 1 saturated heterocycles. The van der Waals surface area contributed by atoms with E-state index in [1.807, 2.05) is 0 Å². The van der Waals surface area contributed by atoms with Crippen LogP contribution in [0.25, 0.3) is 0 Å². The largest absolute Gasteiger partial charge is 0.339 e. The number of nitrogens with one attached hydrogen (secondary N) is 1. The van der Waals surface area contributed by atoms with Crippen LogP contribution in [0.2, 0.25) is 0 Å². The molecule has 1 saturated carbocycles. The van der Waals surface area contributed by atoms with Crippen LogP contribution in [-0.4, -0.2) is 23.2 Å². The van der Waals surface area contributed by atoms with Gasteiger partial charge in [0.2, 0.25) is 5.89 Å². The van der Waals surface area contributed by atoms with Gasteiger partial charge in [0.15, 0.2) is 5.82 Å². The SMILES string of the molecule is CCC1CCCC(c2noc(CC3CCNC3)n2)C1. The van der Waals surface area contributed by atoms with E-state index in [9.17, 15) is 0 Å².